The van der Waals surface area contributed by atoms with E-state index in [1.165, 1.54) is 30.0 Å². The van der Waals surface area contributed by atoms with E-state index in [1.54, 1.807) is 24.4 Å². The van der Waals surface area contributed by atoms with E-state index < -0.39 is 19.6 Å². The number of rotatable bonds is 6. The number of alkyl halides is 2. The summed E-state index contributed by atoms with van der Waals surface area (Å²) in [6.07, 6.45) is 1.66. The van der Waals surface area contributed by atoms with Crippen molar-refractivity contribution in [2.75, 3.05) is 0 Å². The molecule has 4 nitrogen and oxygen atoms in total. The van der Waals surface area contributed by atoms with Gasteiger partial charge in [0.15, 0.2) is 5.16 Å². The van der Waals surface area contributed by atoms with Gasteiger partial charge in [-0.15, -0.1) is 0 Å². The molecule has 146 valence electrons. The van der Waals surface area contributed by atoms with Crippen molar-refractivity contribution < 1.29 is 18.6 Å². The van der Waals surface area contributed by atoms with Crippen molar-refractivity contribution in [3.63, 3.8) is 0 Å². The molecular weight excluding hydrogens is 493 g/mol. The smallest absolute Gasteiger partial charge is 0.340 e. The first-order chi connectivity index (χ1) is 13.3. The molecule has 28 heavy (non-hydrogen) atoms. The van der Waals surface area contributed by atoms with Crippen LogP contribution in [0.1, 0.15) is 11.1 Å². The minimum absolute atomic E-state index is 0.113. The van der Waals surface area contributed by atoms with Crippen LogP contribution in [0.25, 0.3) is 11.3 Å². The summed E-state index contributed by atoms with van der Waals surface area (Å²) in [6, 6.07) is 13.3. The van der Waals surface area contributed by atoms with E-state index in [1.807, 2.05) is 12.1 Å². The summed E-state index contributed by atoms with van der Waals surface area (Å²) in [5.41, 5.74) is -1.73. The van der Waals surface area contributed by atoms with Gasteiger partial charge in [0.1, 0.15) is 0 Å². The first-order valence-electron chi connectivity index (χ1n) is 7.84. The Morgan fingerprint density at radius 3 is 2.46 bits per heavy atom. The summed E-state index contributed by atoms with van der Waals surface area (Å²) in [4.78, 5) is 26.6. The molecule has 0 spiro atoms. The van der Waals surface area contributed by atoms with Crippen LogP contribution in [-0.4, -0.2) is 19.8 Å². The quantitative estimate of drug-likeness (QED) is 0.237. The second-order valence-corrected chi connectivity index (χ2v) is 9.04. The topological polar surface area (TPSA) is 66.2 Å². The highest BCUT2D eigenvalue weighted by Gasteiger charge is 2.42. The number of halogens is 4. The van der Waals surface area contributed by atoms with Crippen molar-refractivity contribution in [1.29, 1.82) is 0 Å². The second kappa shape index (κ2) is 9.11. The van der Waals surface area contributed by atoms with E-state index >= 15 is 0 Å². The Morgan fingerprint density at radius 2 is 1.82 bits per heavy atom. The van der Waals surface area contributed by atoms with Gasteiger partial charge in [-0.25, -0.2) is 9.97 Å². The molecule has 0 bridgehead atoms. The lowest BCUT2D eigenvalue weighted by atomic mass is 10.1. The van der Waals surface area contributed by atoms with Crippen LogP contribution in [0, 0.1) is 0 Å². The van der Waals surface area contributed by atoms with E-state index in [-0.39, 0.29) is 4.47 Å². The van der Waals surface area contributed by atoms with Crippen molar-refractivity contribution in [2.45, 2.75) is 16.6 Å². The number of hydrogen-bond acceptors (Lipinski definition) is 5. The zero-order chi connectivity index (χ0) is 20.3. The Bertz CT molecular complexity index is 980. The average molecular weight is 506 g/mol. The summed E-state index contributed by atoms with van der Waals surface area (Å²) < 4.78 is 27.7. The molecular formula is C18H13BrClF2N2O2PS. The van der Waals surface area contributed by atoms with Gasteiger partial charge in [-0.3, -0.25) is 0 Å². The summed E-state index contributed by atoms with van der Waals surface area (Å²) in [5, 5.41) is 1.19. The molecule has 0 unspecified atom stereocenters. The molecule has 0 saturated carbocycles. The van der Waals surface area contributed by atoms with E-state index in [0.29, 0.717) is 15.9 Å². The normalized spacial score (nSPS) is 11.8. The zero-order valence-electron chi connectivity index (χ0n) is 14.1. The molecule has 0 aliphatic carbocycles. The van der Waals surface area contributed by atoms with Gasteiger partial charge in [-0.1, -0.05) is 63.6 Å². The predicted molar refractivity (Wildman–Crippen MR) is 111 cm³/mol. The van der Waals surface area contributed by atoms with Crippen LogP contribution >= 0.6 is 47.7 Å². The van der Waals surface area contributed by atoms with Crippen LogP contribution in [0.5, 0.6) is 0 Å². The molecule has 10 heteroatoms. The third-order valence-corrected chi connectivity index (χ3v) is 6.33. The first-order valence-corrected chi connectivity index (χ1v) is 11.2. The molecule has 3 rings (SSSR count). The van der Waals surface area contributed by atoms with Gasteiger partial charge >= 0.3 is 5.66 Å². The Kier molecular flexibility index (Phi) is 7.02. The van der Waals surface area contributed by atoms with E-state index in [0.717, 1.165) is 16.8 Å². The van der Waals surface area contributed by atoms with Gasteiger partial charge in [0.25, 0.3) is 0 Å². The number of aromatic nitrogens is 2. The van der Waals surface area contributed by atoms with Gasteiger partial charge in [0.2, 0.25) is 8.38 Å². The lowest BCUT2D eigenvalue weighted by Crippen LogP contribution is -2.11. The number of hydrogen-bond donors (Lipinski definition) is 2. The molecule has 0 saturated heterocycles. The largest absolute Gasteiger partial charge is 0.346 e. The SMILES string of the molecule is OP(O)C(F)(F)c1ccc(CSc2nccc(-c3ccc(Cl)cc3)n2)cc1Br. The lowest BCUT2D eigenvalue weighted by molar-refractivity contribution is 0.0724. The zero-order valence-corrected chi connectivity index (χ0v) is 18.1. The van der Waals surface area contributed by atoms with Gasteiger partial charge in [0.05, 0.1) is 5.69 Å². The summed E-state index contributed by atoms with van der Waals surface area (Å²) >= 11 is 10.3. The maximum atomic E-state index is 13.8. The fourth-order valence-corrected chi connectivity index (χ4v) is 4.48. The standard InChI is InChI=1S/C18H13BrClF2N2O2PS/c19-15-9-11(1-6-14(15)18(21,22)27(25)26)10-28-17-23-8-7-16(24-17)12-2-4-13(20)5-3-12/h1-9,25-26H,10H2. The van der Waals surface area contributed by atoms with Crippen LogP contribution in [0.15, 0.2) is 64.4 Å². The maximum absolute atomic E-state index is 13.8. The van der Waals surface area contributed by atoms with Gasteiger partial charge in [-0.05, 0) is 29.8 Å². The van der Waals surface area contributed by atoms with Crippen molar-refractivity contribution in [3.8, 4) is 11.3 Å². The van der Waals surface area contributed by atoms with Crippen LogP contribution < -0.4 is 0 Å². The fraction of sp³-hybridized carbons (Fsp3) is 0.111. The monoisotopic (exact) mass is 504 g/mol. The molecule has 1 heterocycles. The van der Waals surface area contributed by atoms with Crippen LogP contribution in [0.4, 0.5) is 8.78 Å². The van der Waals surface area contributed by atoms with Gasteiger partial charge < -0.3 is 9.79 Å². The van der Waals surface area contributed by atoms with Crippen molar-refractivity contribution in [1.82, 2.24) is 9.97 Å². The Hall–Kier alpha value is -1.15. The molecule has 0 radical (unpaired) electrons. The third-order valence-electron chi connectivity index (χ3n) is 3.75. The molecule has 0 fully saturated rings. The van der Waals surface area contributed by atoms with Crippen LogP contribution in [-0.2, 0) is 11.4 Å². The average Bonchev–Trinajstić information content (AvgIpc) is 2.67. The van der Waals surface area contributed by atoms with E-state index in [9.17, 15) is 8.78 Å². The minimum Gasteiger partial charge on any atom is -0.346 e. The maximum Gasteiger partial charge on any atom is 0.340 e. The molecule has 0 aliphatic heterocycles. The Morgan fingerprint density at radius 1 is 1.11 bits per heavy atom. The lowest BCUT2D eigenvalue weighted by Gasteiger charge is -2.19. The third kappa shape index (κ3) is 5.06. The highest BCUT2D eigenvalue weighted by molar-refractivity contribution is 9.10. The Labute approximate surface area is 179 Å². The first kappa shape index (κ1) is 21.6. The van der Waals surface area contributed by atoms with Crippen molar-refractivity contribution in [3.05, 3.63) is 75.4 Å². The minimum atomic E-state index is -3.70. The van der Waals surface area contributed by atoms with Gasteiger partial charge in [-0.2, -0.15) is 8.78 Å². The summed E-state index contributed by atoms with van der Waals surface area (Å²) in [5.74, 6) is 0.460. The summed E-state index contributed by atoms with van der Waals surface area (Å²) in [7, 11) is -3.41. The summed E-state index contributed by atoms with van der Waals surface area (Å²) in [6.45, 7) is 0. The van der Waals surface area contributed by atoms with Crippen molar-refractivity contribution in [2.24, 2.45) is 0 Å². The highest BCUT2D eigenvalue weighted by atomic mass is 79.9. The number of nitrogens with zero attached hydrogens (tertiary/aromatic N) is 2. The molecule has 2 aromatic carbocycles. The van der Waals surface area contributed by atoms with Crippen molar-refractivity contribution >= 4 is 47.7 Å². The van der Waals surface area contributed by atoms with E-state index in [2.05, 4.69) is 25.9 Å². The molecule has 1 aromatic heterocycles. The highest BCUT2D eigenvalue weighted by Crippen LogP contribution is 2.54. The molecule has 0 amide bonds. The number of thioether (sulfide) groups is 1. The van der Waals surface area contributed by atoms with Crippen LogP contribution in [0.2, 0.25) is 5.02 Å². The molecule has 2 N–H and O–H groups in total. The molecule has 0 aliphatic rings. The fourth-order valence-electron chi connectivity index (χ4n) is 2.34. The predicted octanol–water partition coefficient (Wildman–Crippen LogP) is 6.20. The van der Waals surface area contributed by atoms with Gasteiger partial charge in [0, 0.05) is 32.6 Å². The second-order valence-electron chi connectivity index (χ2n) is 5.66. The molecule has 3 aromatic rings. The Balaban J connectivity index is 1.73. The van der Waals surface area contributed by atoms with E-state index in [4.69, 9.17) is 21.4 Å². The number of benzene rings is 2. The van der Waals surface area contributed by atoms with Crippen LogP contribution in [0.3, 0.4) is 0 Å². The molecule has 0 atom stereocenters.